The molecule has 7 heteroatoms. The number of hydrogen-bond acceptors (Lipinski definition) is 7. The molecule has 2 bridgehead atoms. The topological polar surface area (TPSA) is 94.6 Å². The van der Waals surface area contributed by atoms with E-state index in [1.807, 2.05) is 6.08 Å². The van der Waals surface area contributed by atoms with Crippen LogP contribution in [0.15, 0.2) is 36.0 Å². The molecule has 1 N–H and O–H groups in total. The van der Waals surface area contributed by atoms with E-state index in [0.717, 1.165) is 18.4 Å². The second kappa shape index (κ2) is 6.04. The molecule has 0 radical (unpaired) electrons. The van der Waals surface area contributed by atoms with Gasteiger partial charge in [-0.15, -0.1) is 0 Å². The van der Waals surface area contributed by atoms with Crippen LogP contribution in [0, 0.1) is 5.92 Å². The van der Waals surface area contributed by atoms with E-state index in [1.165, 1.54) is 0 Å². The van der Waals surface area contributed by atoms with E-state index in [2.05, 4.69) is 13.2 Å². The molecule has 140 valence electrons. The Bertz CT molecular complexity index is 723. The van der Waals surface area contributed by atoms with Gasteiger partial charge in [0.05, 0.1) is 18.6 Å². The first-order chi connectivity index (χ1) is 12.3. The van der Waals surface area contributed by atoms with E-state index in [9.17, 15) is 14.7 Å². The largest absolute Gasteiger partial charge is 0.458 e. The minimum atomic E-state index is -1.13. The highest BCUT2D eigenvalue weighted by atomic mass is 16.7. The normalized spacial score (nSPS) is 43.3. The van der Waals surface area contributed by atoms with Crippen molar-refractivity contribution in [2.75, 3.05) is 6.61 Å². The van der Waals surface area contributed by atoms with Gasteiger partial charge in [-0.1, -0.05) is 13.2 Å². The van der Waals surface area contributed by atoms with Crippen molar-refractivity contribution in [3.63, 3.8) is 0 Å². The number of aliphatic hydroxyl groups is 1. The summed E-state index contributed by atoms with van der Waals surface area (Å²) in [6.45, 7) is 9.24. The Morgan fingerprint density at radius 1 is 1.46 bits per heavy atom. The van der Waals surface area contributed by atoms with Crippen molar-refractivity contribution in [3.05, 3.63) is 36.0 Å². The molecule has 5 rings (SSSR count). The summed E-state index contributed by atoms with van der Waals surface area (Å²) < 4.78 is 22.5. The molecule has 0 aromatic rings. The summed E-state index contributed by atoms with van der Waals surface area (Å²) in [5.74, 6) is -1.61. The second-order valence-electron chi connectivity index (χ2n) is 7.44. The molecule has 5 aliphatic rings. The van der Waals surface area contributed by atoms with Gasteiger partial charge >= 0.3 is 11.9 Å². The average molecular weight is 362 g/mol. The Hall–Kier alpha value is -1.96. The van der Waals surface area contributed by atoms with E-state index < -0.39 is 42.0 Å². The van der Waals surface area contributed by atoms with Crippen LogP contribution in [-0.2, 0) is 28.5 Å². The molecule has 0 aromatic carbocycles. The predicted octanol–water partition coefficient (Wildman–Crippen LogP) is 1.17. The third-order valence-electron chi connectivity index (χ3n) is 5.61. The van der Waals surface area contributed by atoms with Crippen molar-refractivity contribution >= 4 is 11.9 Å². The molecule has 1 spiro atoms. The first-order valence-electron chi connectivity index (χ1n) is 8.75. The Morgan fingerprint density at radius 2 is 2.23 bits per heavy atom. The van der Waals surface area contributed by atoms with Crippen molar-refractivity contribution in [2.24, 2.45) is 5.92 Å². The van der Waals surface area contributed by atoms with E-state index in [1.54, 1.807) is 6.92 Å². The Kier molecular flexibility index (Phi) is 4.06. The number of ether oxygens (including phenoxy) is 4. The summed E-state index contributed by atoms with van der Waals surface area (Å²) in [7, 11) is 0. The molecule has 6 atom stereocenters. The quantitative estimate of drug-likeness (QED) is 0.341. The zero-order chi connectivity index (χ0) is 18.6. The third kappa shape index (κ3) is 2.71. The van der Waals surface area contributed by atoms with E-state index >= 15 is 0 Å². The van der Waals surface area contributed by atoms with Gasteiger partial charge in [0, 0.05) is 17.6 Å². The van der Waals surface area contributed by atoms with Gasteiger partial charge in [-0.05, 0) is 31.4 Å². The highest BCUT2D eigenvalue weighted by Crippen LogP contribution is 2.51. The van der Waals surface area contributed by atoms with Crippen LogP contribution in [0.3, 0.4) is 0 Å². The Morgan fingerprint density at radius 3 is 2.96 bits per heavy atom. The van der Waals surface area contributed by atoms with E-state index in [0.29, 0.717) is 0 Å². The number of epoxide rings is 1. The van der Waals surface area contributed by atoms with E-state index in [-0.39, 0.29) is 30.3 Å². The molecule has 26 heavy (non-hydrogen) atoms. The van der Waals surface area contributed by atoms with E-state index in [4.69, 9.17) is 18.9 Å². The predicted molar refractivity (Wildman–Crippen MR) is 88.7 cm³/mol. The molecule has 4 aliphatic heterocycles. The molecule has 0 saturated carbocycles. The van der Waals surface area contributed by atoms with Crippen LogP contribution < -0.4 is 0 Å². The molecule has 3 saturated heterocycles. The van der Waals surface area contributed by atoms with Crippen molar-refractivity contribution in [2.45, 2.75) is 56.4 Å². The number of aliphatic hydroxyl groups excluding tert-OH is 1. The summed E-state index contributed by atoms with van der Waals surface area (Å²) in [6, 6.07) is 0. The minimum Gasteiger partial charge on any atom is -0.458 e. The molecule has 0 unspecified atom stereocenters. The number of fused-ring (bicyclic) bond motifs is 4. The maximum Gasteiger partial charge on any atom is 0.334 e. The van der Waals surface area contributed by atoms with Crippen LogP contribution >= 0.6 is 0 Å². The molecule has 4 heterocycles. The fraction of sp³-hybridized carbons (Fsp3) is 0.579. The lowest BCUT2D eigenvalue weighted by molar-refractivity contribution is -0.163. The summed E-state index contributed by atoms with van der Waals surface area (Å²) >= 11 is 0. The average Bonchev–Trinajstić information content (AvgIpc) is 3.20. The number of hydrogen-bond donors (Lipinski definition) is 1. The lowest BCUT2D eigenvalue weighted by Crippen LogP contribution is -2.45. The number of carbonyl (C=O) groups is 2. The van der Waals surface area contributed by atoms with Gasteiger partial charge in [-0.2, -0.15) is 0 Å². The maximum absolute atomic E-state index is 12.2. The molecule has 1 aliphatic carbocycles. The first kappa shape index (κ1) is 17.5. The van der Waals surface area contributed by atoms with Gasteiger partial charge in [-0.3, -0.25) is 0 Å². The zero-order valence-corrected chi connectivity index (χ0v) is 14.6. The monoisotopic (exact) mass is 362 g/mol. The lowest BCUT2D eigenvalue weighted by atomic mass is 9.81. The second-order valence-corrected chi connectivity index (χ2v) is 7.44. The van der Waals surface area contributed by atoms with Gasteiger partial charge in [0.25, 0.3) is 0 Å². The molecule has 0 amide bonds. The number of esters is 2. The number of carbonyl (C=O) groups excluding carboxylic acids is 2. The van der Waals surface area contributed by atoms with Crippen LogP contribution in [0.2, 0.25) is 0 Å². The van der Waals surface area contributed by atoms with Crippen molar-refractivity contribution in [1.82, 2.24) is 0 Å². The van der Waals surface area contributed by atoms with Gasteiger partial charge in [0.15, 0.2) is 6.29 Å². The van der Waals surface area contributed by atoms with Gasteiger partial charge in [-0.25, -0.2) is 9.59 Å². The molecular weight excluding hydrogens is 340 g/mol. The van der Waals surface area contributed by atoms with Crippen LogP contribution in [0.4, 0.5) is 0 Å². The zero-order valence-electron chi connectivity index (χ0n) is 14.6. The SMILES string of the molecule is C=C(C)C(=O)O[C@H]1C[C@]23O[C@H]2CC/C(=C\[C@H]2OC(=O)C(=C)[C@H]12)CO[C@@H]3O. The Labute approximate surface area is 151 Å². The Balaban J connectivity index is 1.76. The standard InChI is InChI=1S/C19H22O7/c1-9(2)16(20)25-13-7-19-14(26-19)5-4-11(8-23-18(19)22)6-12-15(13)10(3)17(21)24-12/h6,12-15,18,22H,1,3-5,7-8H2,2H3/b11-6+/t12-,13+,14+,15+,18+,19+/m1/s1. The highest BCUT2D eigenvalue weighted by molar-refractivity contribution is 5.91. The van der Waals surface area contributed by atoms with Crippen LogP contribution in [0.25, 0.3) is 0 Å². The summed E-state index contributed by atoms with van der Waals surface area (Å²) in [4.78, 5) is 24.3. The smallest absolute Gasteiger partial charge is 0.334 e. The van der Waals surface area contributed by atoms with Gasteiger partial charge in [0.1, 0.15) is 17.8 Å². The molecule has 0 aromatic heterocycles. The fourth-order valence-corrected chi connectivity index (χ4v) is 4.09. The molecule has 3 fully saturated rings. The first-order valence-corrected chi connectivity index (χ1v) is 8.75. The van der Waals surface area contributed by atoms with Crippen LogP contribution in [0.1, 0.15) is 26.2 Å². The van der Waals surface area contributed by atoms with Crippen LogP contribution in [-0.4, -0.2) is 53.9 Å². The number of rotatable bonds is 2. The summed E-state index contributed by atoms with van der Waals surface area (Å²) in [5, 5.41) is 10.5. The summed E-state index contributed by atoms with van der Waals surface area (Å²) in [5.41, 5.74) is 0.475. The minimum absolute atomic E-state index is 0.185. The van der Waals surface area contributed by atoms with Crippen LogP contribution in [0.5, 0.6) is 0 Å². The molecule has 7 nitrogen and oxygen atoms in total. The highest BCUT2D eigenvalue weighted by Gasteiger charge is 2.65. The molecular formula is C19H22O7. The van der Waals surface area contributed by atoms with Gasteiger partial charge < -0.3 is 24.1 Å². The lowest BCUT2D eigenvalue weighted by Gasteiger charge is -2.33. The van der Waals surface area contributed by atoms with Crippen molar-refractivity contribution < 1.29 is 33.6 Å². The third-order valence-corrected chi connectivity index (χ3v) is 5.61. The van der Waals surface area contributed by atoms with Gasteiger partial charge in [0.2, 0.25) is 0 Å². The summed E-state index contributed by atoms with van der Waals surface area (Å²) in [6.07, 6.45) is 0.815. The van der Waals surface area contributed by atoms with Crippen molar-refractivity contribution in [3.8, 4) is 0 Å². The maximum atomic E-state index is 12.2. The van der Waals surface area contributed by atoms with Crippen molar-refractivity contribution in [1.29, 1.82) is 0 Å². The fourth-order valence-electron chi connectivity index (χ4n) is 4.09.